The largest absolute Gasteiger partial charge is 0.467 e. The zero-order valence-corrected chi connectivity index (χ0v) is 13.7. The van der Waals surface area contributed by atoms with E-state index in [1.165, 1.54) is 17.7 Å². The Morgan fingerprint density at radius 1 is 1.43 bits per heavy atom. The minimum absolute atomic E-state index is 0.0411. The summed E-state index contributed by atoms with van der Waals surface area (Å²) in [5.74, 6) is 0.725. The van der Waals surface area contributed by atoms with Gasteiger partial charge in [-0.1, -0.05) is 0 Å². The number of aromatic nitrogens is 2. The van der Waals surface area contributed by atoms with E-state index in [0.717, 1.165) is 24.3 Å². The fraction of sp³-hybridized carbons (Fsp3) is 0.529. The van der Waals surface area contributed by atoms with Crippen molar-refractivity contribution in [1.82, 2.24) is 14.7 Å². The minimum atomic E-state index is -0.0411. The molecule has 6 heteroatoms. The van der Waals surface area contributed by atoms with Gasteiger partial charge in [-0.3, -0.25) is 9.48 Å². The molecule has 6 nitrogen and oxygen atoms in total. The van der Waals surface area contributed by atoms with Crippen molar-refractivity contribution in [2.24, 2.45) is 7.05 Å². The maximum Gasteiger partial charge on any atom is 0.249 e. The molecule has 0 saturated heterocycles. The van der Waals surface area contributed by atoms with Crippen molar-refractivity contribution in [3.63, 3.8) is 0 Å². The highest BCUT2D eigenvalue weighted by Gasteiger charge is 2.24. The summed E-state index contributed by atoms with van der Waals surface area (Å²) in [6.07, 6.45) is 4.91. The summed E-state index contributed by atoms with van der Waals surface area (Å²) in [4.78, 5) is 14.2. The van der Waals surface area contributed by atoms with Gasteiger partial charge in [-0.2, -0.15) is 5.10 Å². The van der Waals surface area contributed by atoms with Crippen LogP contribution in [0.5, 0.6) is 0 Å². The van der Waals surface area contributed by atoms with Gasteiger partial charge in [0.25, 0.3) is 0 Å². The number of hydrogen-bond acceptors (Lipinski definition) is 4. The Labute approximate surface area is 136 Å². The third kappa shape index (κ3) is 3.47. The second-order valence-electron chi connectivity index (χ2n) is 5.82. The van der Waals surface area contributed by atoms with Crippen LogP contribution in [0.1, 0.15) is 36.1 Å². The Morgan fingerprint density at radius 2 is 2.30 bits per heavy atom. The summed E-state index contributed by atoms with van der Waals surface area (Å²) in [6.45, 7) is 3.43. The van der Waals surface area contributed by atoms with E-state index >= 15 is 0 Å². The molecule has 1 aliphatic rings. The van der Waals surface area contributed by atoms with E-state index in [1.54, 1.807) is 11.2 Å². The lowest BCUT2D eigenvalue weighted by molar-refractivity contribution is -0.137. The topological polar surface area (TPSA) is 60.5 Å². The van der Waals surface area contributed by atoms with Gasteiger partial charge in [0, 0.05) is 19.3 Å². The Hall–Kier alpha value is -2.08. The first-order chi connectivity index (χ1) is 11.2. The second-order valence-corrected chi connectivity index (χ2v) is 5.82. The van der Waals surface area contributed by atoms with Crippen LogP contribution in [0.15, 0.2) is 22.8 Å². The highest BCUT2D eigenvalue weighted by molar-refractivity contribution is 5.77. The Morgan fingerprint density at radius 3 is 3.04 bits per heavy atom. The predicted octanol–water partition coefficient (Wildman–Crippen LogP) is 2.07. The molecule has 3 rings (SSSR count). The van der Waals surface area contributed by atoms with Gasteiger partial charge in [-0.05, 0) is 43.9 Å². The average Bonchev–Trinajstić information content (AvgIpc) is 3.25. The molecule has 0 aliphatic heterocycles. The van der Waals surface area contributed by atoms with Crippen LogP contribution in [0.3, 0.4) is 0 Å². The first-order valence-corrected chi connectivity index (χ1v) is 8.10. The standard InChI is InChI=1S/C17H23N3O3/c1-3-22-12-17(21)20(10-13-6-5-9-23-13)11-15-14-7-4-8-16(14)19(2)18-15/h5-6,9H,3-4,7-8,10-12H2,1-2H3. The lowest BCUT2D eigenvalue weighted by atomic mass is 10.2. The molecule has 0 fully saturated rings. The summed E-state index contributed by atoms with van der Waals surface area (Å²) in [7, 11) is 1.98. The highest BCUT2D eigenvalue weighted by Crippen LogP contribution is 2.26. The third-order valence-electron chi connectivity index (χ3n) is 4.25. The summed E-state index contributed by atoms with van der Waals surface area (Å²) in [5.41, 5.74) is 3.60. The van der Waals surface area contributed by atoms with Gasteiger partial charge in [0.05, 0.1) is 25.0 Å². The van der Waals surface area contributed by atoms with Gasteiger partial charge in [-0.25, -0.2) is 0 Å². The van der Waals surface area contributed by atoms with Crippen LogP contribution in [0.25, 0.3) is 0 Å². The van der Waals surface area contributed by atoms with Crippen molar-refractivity contribution in [1.29, 1.82) is 0 Å². The van der Waals surface area contributed by atoms with Crippen molar-refractivity contribution in [3.8, 4) is 0 Å². The van der Waals surface area contributed by atoms with Crippen LogP contribution in [0.4, 0.5) is 0 Å². The zero-order chi connectivity index (χ0) is 16.2. The summed E-state index contributed by atoms with van der Waals surface area (Å²) < 4.78 is 12.6. The molecule has 1 aliphatic carbocycles. The monoisotopic (exact) mass is 317 g/mol. The van der Waals surface area contributed by atoms with Crippen LogP contribution in [0.2, 0.25) is 0 Å². The van der Waals surface area contributed by atoms with Crippen LogP contribution in [-0.4, -0.2) is 33.8 Å². The quantitative estimate of drug-likeness (QED) is 0.784. The molecule has 124 valence electrons. The number of rotatable bonds is 7. The van der Waals surface area contributed by atoms with Gasteiger partial charge in [0.15, 0.2) is 0 Å². The lowest BCUT2D eigenvalue weighted by Crippen LogP contribution is -2.33. The number of fused-ring (bicyclic) bond motifs is 1. The average molecular weight is 317 g/mol. The van der Waals surface area contributed by atoms with Gasteiger partial charge in [-0.15, -0.1) is 0 Å². The Balaban J connectivity index is 1.77. The van der Waals surface area contributed by atoms with Gasteiger partial charge >= 0.3 is 0 Å². The molecule has 0 radical (unpaired) electrons. The number of nitrogens with zero attached hydrogens (tertiary/aromatic N) is 3. The predicted molar refractivity (Wildman–Crippen MR) is 84.7 cm³/mol. The number of carbonyl (C=O) groups is 1. The molecule has 0 spiro atoms. The van der Waals surface area contributed by atoms with Crippen LogP contribution < -0.4 is 0 Å². The molecule has 0 unspecified atom stereocenters. The van der Waals surface area contributed by atoms with Crippen molar-refractivity contribution in [2.75, 3.05) is 13.2 Å². The van der Waals surface area contributed by atoms with E-state index in [-0.39, 0.29) is 12.5 Å². The van der Waals surface area contributed by atoms with Gasteiger partial charge in [0.1, 0.15) is 12.4 Å². The number of aryl methyl sites for hydroxylation is 1. The van der Waals surface area contributed by atoms with E-state index in [1.807, 2.05) is 30.8 Å². The van der Waals surface area contributed by atoms with E-state index in [9.17, 15) is 4.79 Å². The first kappa shape index (κ1) is 15.8. The van der Waals surface area contributed by atoms with E-state index < -0.39 is 0 Å². The number of carbonyl (C=O) groups excluding carboxylic acids is 1. The molecule has 0 bridgehead atoms. The zero-order valence-electron chi connectivity index (χ0n) is 13.7. The molecular formula is C17H23N3O3. The smallest absolute Gasteiger partial charge is 0.249 e. The van der Waals surface area contributed by atoms with Crippen molar-refractivity contribution in [3.05, 3.63) is 41.1 Å². The van der Waals surface area contributed by atoms with Crippen molar-refractivity contribution < 1.29 is 13.9 Å². The molecule has 0 N–H and O–H groups in total. The molecule has 0 aromatic carbocycles. The number of hydrogen-bond donors (Lipinski definition) is 0. The van der Waals surface area contributed by atoms with Crippen LogP contribution in [-0.2, 0) is 42.5 Å². The molecule has 0 saturated carbocycles. The van der Waals surface area contributed by atoms with Crippen LogP contribution >= 0.6 is 0 Å². The van der Waals surface area contributed by atoms with Crippen molar-refractivity contribution >= 4 is 5.91 Å². The number of amides is 1. The number of ether oxygens (including phenoxy) is 1. The summed E-state index contributed by atoms with van der Waals surface area (Å²) in [5, 5.41) is 4.62. The second kappa shape index (κ2) is 7.00. The van der Waals surface area contributed by atoms with Crippen molar-refractivity contribution in [2.45, 2.75) is 39.3 Å². The molecule has 23 heavy (non-hydrogen) atoms. The van der Waals surface area contributed by atoms with Gasteiger partial charge in [0.2, 0.25) is 5.91 Å². The molecule has 1 amide bonds. The molecular weight excluding hydrogens is 294 g/mol. The van der Waals surface area contributed by atoms with E-state index in [4.69, 9.17) is 9.15 Å². The Kier molecular flexibility index (Phi) is 4.81. The minimum Gasteiger partial charge on any atom is -0.467 e. The third-order valence-corrected chi connectivity index (χ3v) is 4.25. The van der Waals surface area contributed by atoms with E-state index in [2.05, 4.69) is 5.10 Å². The summed E-state index contributed by atoms with van der Waals surface area (Å²) in [6, 6.07) is 3.71. The molecule has 2 aromatic rings. The van der Waals surface area contributed by atoms with Gasteiger partial charge < -0.3 is 14.1 Å². The fourth-order valence-electron chi connectivity index (χ4n) is 3.11. The molecule has 0 atom stereocenters. The lowest BCUT2D eigenvalue weighted by Gasteiger charge is -2.21. The van der Waals surface area contributed by atoms with Crippen LogP contribution in [0, 0.1) is 0 Å². The highest BCUT2D eigenvalue weighted by atomic mass is 16.5. The first-order valence-electron chi connectivity index (χ1n) is 8.10. The Bertz CT molecular complexity index is 661. The molecule has 2 heterocycles. The number of furan rings is 1. The van der Waals surface area contributed by atoms with E-state index in [0.29, 0.717) is 19.7 Å². The normalized spacial score (nSPS) is 13.3. The maximum atomic E-state index is 12.5. The maximum absolute atomic E-state index is 12.5. The summed E-state index contributed by atoms with van der Waals surface area (Å²) >= 11 is 0. The SMILES string of the molecule is CCOCC(=O)N(Cc1ccco1)Cc1nn(C)c2c1CCC2. The fourth-order valence-corrected chi connectivity index (χ4v) is 3.11. The molecule has 2 aromatic heterocycles.